The van der Waals surface area contributed by atoms with Crippen molar-refractivity contribution in [2.75, 3.05) is 0 Å². The molecule has 0 fully saturated rings. The fraction of sp³-hybridized carbons (Fsp3) is 0.438. The first kappa shape index (κ1) is 14.6. The van der Waals surface area contributed by atoms with Gasteiger partial charge in [-0.15, -0.1) is 0 Å². The van der Waals surface area contributed by atoms with Crippen LogP contribution in [0, 0.1) is 0 Å². The SMILES string of the molecule is CC(C)Oc1ccc(C(O)c2cncn2C(C)C)cc1. The molecule has 1 aromatic heterocycles. The number of hydrogen-bond acceptors (Lipinski definition) is 3. The topological polar surface area (TPSA) is 47.3 Å². The first-order chi connectivity index (χ1) is 9.49. The number of nitrogens with zero attached hydrogens (tertiary/aromatic N) is 2. The molecule has 0 amide bonds. The van der Waals surface area contributed by atoms with E-state index < -0.39 is 6.10 Å². The Bertz CT molecular complexity index is 544. The molecule has 0 bridgehead atoms. The zero-order valence-electron chi connectivity index (χ0n) is 12.4. The number of benzene rings is 1. The molecule has 0 aliphatic carbocycles. The van der Waals surface area contributed by atoms with Crippen LogP contribution in [0.15, 0.2) is 36.8 Å². The average Bonchev–Trinajstić information content (AvgIpc) is 2.87. The molecule has 0 saturated carbocycles. The van der Waals surface area contributed by atoms with Gasteiger partial charge in [0.1, 0.15) is 11.9 Å². The van der Waals surface area contributed by atoms with E-state index in [4.69, 9.17) is 4.74 Å². The third-order valence-corrected chi connectivity index (χ3v) is 3.10. The zero-order chi connectivity index (χ0) is 14.7. The summed E-state index contributed by atoms with van der Waals surface area (Å²) in [6.45, 7) is 8.11. The second kappa shape index (κ2) is 6.09. The average molecular weight is 274 g/mol. The summed E-state index contributed by atoms with van der Waals surface area (Å²) in [5.41, 5.74) is 1.64. The van der Waals surface area contributed by atoms with E-state index in [1.807, 2.05) is 42.7 Å². The van der Waals surface area contributed by atoms with E-state index in [0.717, 1.165) is 17.0 Å². The largest absolute Gasteiger partial charge is 0.491 e. The minimum Gasteiger partial charge on any atom is -0.491 e. The third kappa shape index (κ3) is 3.20. The van der Waals surface area contributed by atoms with Crippen LogP contribution in [-0.4, -0.2) is 20.8 Å². The molecule has 2 aromatic rings. The van der Waals surface area contributed by atoms with Gasteiger partial charge in [0.15, 0.2) is 0 Å². The van der Waals surface area contributed by atoms with E-state index in [9.17, 15) is 5.11 Å². The molecule has 4 heteroatoms. The fourth-order valence-electron chi connectivity index (χ4n) is 2.13. The first-order valence-corrected chi connectivity index (χ1v) is 6.95. The third-order valence-electron chi connectivity index (χ3n) is 3.10. The van der Waals surface area contributed by atoms with Gasteiger partial charge in [0.05, 0.1) is 24.3 Å². The maximum Gasteiger partial charge on any atom is 0.121 e. The number of aliphatic hydroxyl groups is 1. The van der Waals surface area contributed by atoms with Gasteiger partial charge in [-0.05, 0) is 45.4 Å². The lowest BCUT2D eigenvalue weighted by molar-refractivity contribution is 0.207. The number of imidazole rings is 1. The van der Waals surface area contributed by atoms with Gasteiger partial charge in [-0.3, -0.25) is 0 Å². The van der Waals surface area contributed by atoms with Crippen LogP contribution in [0.1, 0.15) is 51.1 Å². The van der Waals surface area contributed by atoms with E-state index in [1.165, 1.54) is 0 Å². The van der Waals surface area contributed by atoms with Crippen LogP contribution in [0.3, 0.4) is 0 Å². The van der Waals surface area contributed by atoms with E-state index >= 15 is 0 Å². The molecule has 2 rings (SSSR count). The van der Waals surface area contributed by atoms with Crippen molar-refractivity contribution in [3.05, 3.63) is 48.0 Å². The smallest absolute Gasteiger partial charge is 0.121 e. The molecule has 0 spiro atoms. The van der Waals surface area contributed by atoms with Gasteiger partial charge in [0.25, 0.3) is 0 Å². The molecule has 1 aromatic carbocycles. The van der Waals surface area contributed by atoms with Crippen LogP contribution in [-0.2, 0) is 0 Å². The molecule has 20 heavy (non-hydrogen) atoms. The van der Waals surface area contributed by atoms with Crippen LogP contribution in [0.5, 0.6) is 5.75 Å². The van der Waals surface area contributed by atoms with Crippen molar-refractivity contribution >= 4 is 0 Å². The van der Waals surface area contributed by atoms with Crippen molar-refractivity contribution in [3.8, 4) is 5.75 Å². The second-order valence-electron chi connectivity index (χ2n) is 5.46. The normalized spacial score (nSPS) is 12.9. The number of hydrogen-bond donors (Lipinski definition) is 1. The Labute approximate surface area is 120 Å². The van der Waals surface area contributed by atoms with Crippen molar-refractivity contribution < 1.29 is 9.84 Å². The first-order valence-electron chi connectivity index (χ1n) is 6.95. The molecular formula is C16H22N2O2. The fourth-order valence-corrected chi connectivity index (χ4v) is 2.13. The Morgan fingerprint density at radius 2 is 1.75 bits per heavy atom. The van der Waals surface area contributed by atoms with Crippen molar-refractivity contribution in [3.63, 3.8) is 0 Å². The summed E-state index contributed by atoms with van der Waals surface area (Å²) in [6.07, 6.45) is 2.93. The summed E-state index contributed by atoms with van der Waals surface area (Å²) in [4.78, 5) is 4.13. The van der Waals surface area contributed by atoms with Gasteiger partial charge in [0, 0.05) is 6.04 Å². The van der Waals surface area contributed by atoms with Crippen LogP contribution >= 0.6 is 0 Å². The summed E-state index contributed by atoms with van der Waals surface area (Å²) in [7, 11) is 0. The number of rotatable bonds is 5. The Kier molecular flexibility index (Phi) is 4.45. The van der Waals surface area contributed by atoms with Crippen LogP contribution in [0.25, 0.3) is 0 Å². The van der Waals surface area contributed by atoms with Crippen LogP contribution < -0.4 is 4.74 Å². The summed E-state index contributed by atoms with van der Waals surface area (Å²) in [6, 6.07) is 7.81. The van der Waals surface area contributed by atoms with Crippen molar-refractivity contribution in [1.82, 2.24) is 9.55 Å². The zero-order valence-corrected chi connectivity index (χ0v) is 12.4. The predicted octanol–water partition coefficient (Wildman–Crippen LogP) is 3.33. The van der Waals surface area contributed by atoms with Crippen LogP contribution in [0.2, 0.25) is 0 Å². The summed E-state index contributed by atoms with van der Waals surface area (Å²) >= 11 is 0. The van der Waals surface area contributed by atoms with E-state index in [0.29, 0.717) is 0 Å². The lowest BCUT2D eigenvalue weighted by Gasteiger charge is -2.17. The molecule has 0 aliphatic rings. The van der Waals surface area contributed by atoms with Gasteiger partial charge >= 0.3 is 0 Å². The molecule has 1 unspecified atom stereocenters. The minimum atomic E-state index is -0.673. The van der Waals surface area contributed by atoms with Gasteiger partial charge in [0.2, 0.25) is 0 Å². The molecule has 0 radical (unpaired) electrons. The Balaban J connectivity index is 2.20. The highest BCUT2D eigenvalue weighted by Gasteiger charge is 2.16. The number of aromatic nitrogens is 2. The summed E-state index contributed by atoms with van der Waals surface area (Å²) in [5, 5.41) is 10.5. The summed E-state index contributed by atoms with van der Waals surface area (Å²) in [5.74, 6) is 0.813. The highest BCUT2D eigenvalue weighted by atomic mass is 16.5. The molecule has 1 heterocycles. The predicted molar refractivity (Wildman–Crippen MR) is 78.9 cm³/mol. The molecule has 108 valence electrons. The van der Waals surface area contributed by atoms with E-state index in [1.54, 1.807) is 12.5 Å². The Morgan fingerprint density at radius 3 is 2.30 bits per heavy atom. The molecule has 4 nitrogen and oxygen atoms in total. The maximum atomic E-state index is 10.5. The van der Waals surface area contributed by atoms with E-state index in [2.05, 4.69) is 18.8 Å². The van der Waals surface area contributed by atoms with Crippen molar-refractivity contribution in [2.45, 2.75) is 45.9 Å². The molecule has 0 saturated heterocycles. The van der Waals surface area contributed by atoms with Crippen molar-refractivity contribution in [2.24, 2.45) is 0 Å². The van der Waals surface area contributed by atoms with Crippen molar-refractivity contribution in [1.29, 1.82) is 0 Å². The molecule has 0 aliphatic heterocycles. The lowest BCUT2D eigenvalue weighted by atomic mass is 10.1. The van der Waals surface area contributed by atoms with Gasteiger partial charge in [-0.2, -0.15) is 0 Å². The highest BCUT2D eigenvalue weighted by Crippen LogP contribution is 2.25. The Morgan fingerprint density at radius 1 is 1.10 bits per heavy atom. The maximum absolute atomic E-state index is 10.5. The van der Waals surface area contributed by atoms with E-state index in [-0.39, 0.29) is 12.1 Å². The second-order valence-corrected chi connectivity index (χ2v) is 5.46. The van der Waals surface area contributed by atoms with Gasteiger partial charge < -0.3 is 14.4 Å². The number of ether oxygens (including phenoxy) is 1. The highest BCUT2D eigenvalue weighted by molar-refractivity contribution is 5.32. The van der Waals surface area contributed by atoms with Crippen LogP contribution in [0.4, 0.5) is 0 Å². The number of aliphatic hydroxyl groups excluding tert-OH is 1. The molecular weight excluding hydrogens is 252 g/mol. The standard InChI is InChI=1S/C16H22N2O2/c1-11(2)18-10-17-9-15(18)16(19)13-5-7-14(8-6-13)20-12(3)4/h5-12,16,19H,1-4H3. The van der Waals surface area contributed by atoms with Gasteiger partial charge in [-0.25, -0.2) is 4.98 Å². The molecule has 1 N–H and O–H groups in total. The minimum absolute atomic E-state index is 0.146. The Hall–Kier alpha value is -1.81. The molecule has 1 atom stereocenters. The summed E-state index contributed by atoms with van der Waals surface area (Å²) < 4.78 is 7.58. The quantitative estimate of drug-likeness (QED) is 0.909. The van der Waals surface area contributed by atoms with Gasteiger partial charge in [-0.1, -0.05) is 12.1 Å². The monoisotopic (exact) mass is 274 g/mol. The lowest BCUT2D eigenvalue weighted by Crippen LogP contribution is -2.10.